The number of aryl methyl sites for hydroxylation is 1. The quantitative estimate of drug-likeness (QED) is 0.300. The van der Waals surface area contributed by atoms with Gasteiger partial charge in [0.15, 0.2) is 11.5 Å². The summed E-state index contributed by atoms with van der Waals surface area (Å²) in [5.41, 5.74) is 1.84. The SMILES string of the molecule is CCCCn1cc(-c2cc(OC)c(OC3CCN(CC4CCNCC4)CC3)c(OC)c2)c2ccncc2c1=O.O=C(O)C(F)(F)F. The van der Waals surface area contributed by atoms with E-state index in [2.05, 4.69) is 22.1 Å². The maximum Gasteiger partial charge on any atom is 0.490 e. The summed E-state index contributed by atoms with van der Waals surface area (Å²) in [6.07, 6.45) is 6.84. The van der Waals surface area contributed by atoms with E-state index in [-0.39, 0.29) is 11.7 Å². The number of fused-ring (bicyclic) bond motifs is 1. The monoisotopic (exact) mass is 648 g/mol. The zero-order valence-electron chi connectivity index (χ0n) is 26.6. The Balaban J connectivity index is 0.000000617. The molecule has 4 heterocycles. The third kappa shape index (κ3) is 8.91. The van der Waals surface area contributed by atoms with Gasteiger partial charge < -0.3 is 34.1 Å². The number of aliphatic carboxylic acids is 1. The molecule has 252 valence electrons. The lowest BCUT2D eigenvalue weighted by Crippen LogP contribution is -2.42. The van der Waals surface area contributed by atoms with Crippen molar-refractivity contribution < 1.29 is 37.3 Å². The predicted molar refractivity (Wildman–Crippen MR) is 169 cm³/mol. The molecule has 0 spiro atoms. The highest BCUT2D eigenvalue weighted by Gasteiger charge is 2.38. The second-order valence-electron chi connectivity index (χ2n) is 11.6. The molecule has 2 saturated heterocycles. The van der Waals surface area contributed by atoms with Crippen LogP contribution in [0, 0.1) is 5.92 Å². The van der Waals surface area contributed by atoms with Gasteiger partial charge in [-0.1, -0.05) is 13.3 Å². The predicted octanol–water partition coefficient (Wildman–Crippen LogP) is 5.36. The first-order valence-electron chi connectivity index (χ1n) is 15.7. The maximum atomic E-state index is 13.1. The molecule has 3 aromatic rings. The van der Waals surface area contributed by atoms with E-state index in [1.54, 1.807) is 31.2 Å². The summed E-state index contributed by atoms with van der Waals surface area (Å²) in [5, 5.41) is 12.1. The number of hydrogen-bond donors (Lipinski definition) is 2. The van der Waals surface area contributed by atoms with Crippen molar-refractivity contribution in [3.8, 4) is 28.4 Å². The number of nitrogens with zero attached hydrogens (tertiary/aromatic N) is 3. The summed E-state index contributed by atoms with van der Waals surface area (Å²) < 4.78 is 51.8. The average molecular weight is 649 g/mol. The molecule has 0 aliphatic carbocycles. The summed E-state index contributed by atoms with van der Waals surface area (Å²) in [4.78, 5) is 28.8. The lowest BCUT2D eigenvalue weighted by Gasteiger charge is -2.35. The molecule has 0 unspecified atom stereocenters. The topological polar surface area (TPSA) is 115 Å². The van der Waals surface area contributed by atoms with E-state index >= 15 is 0 Å². The molecule has 46 heavy (non-hydrogen) atoms. The number of pyridine rings is 2. The van der Waals surface area contributed by atoms with E-state index < -0.39 is 12.1 Å². The van der Waals surface area contributed by atoms with Crippen LogP contribution in [0.25, 0.3) is 21.9 Å². The summed E-state index contributed by atoms with van der Waals surface area (Å²) >= 11 is 0. The number of methoxy groups -OCH3 is 2. The fraction of sp³-hybridized carbons (Fsp3) is 0.545. The van der Waals surface area contributed by atoms with E-state index in [1.807, 2.05) is 24.4 Å². The highest BCUT2D eigenvalue weighted by Crippen LogP contribution is 2.43. The number of halogens is 3. The number of ether oxygens (including phenoxy) is 3. The molecule has 2 N–H and O–H groups in total. The summed E-state index contributed by atoms with van der Waals surface area (Å²) in [6, 6.07) is 5.89. The van der Waals surface area contributed by atoms with Crippen LogP contribution < -0.4 is 25.1 Å². The Hall–Kier alpha value is -3.84. The number of aromatic nitrogens is 2. The Morgan fingerprint density at radius 2 is 1.70 bits per heavy atom. The van der Waals surface area contributed by atoms with E-state index in [1.165, 1.54) is 19.4 Å². The fourth-order valence-electron chi connectivity index (χ4n) is 5.92. The first kappa shape index (κ1) is 35.0. The van der Waals surface area contributed by atoms with Crippen LogP contribution in [0.15, 0.2) is 41.6 Å². The number of carbonyl (C=O) groups is 1. The standard InChI is InChI=1S/C31H42N4O4.C2HF3O2/c1-4-5-14-35-21-27(25-8-13-33-19-26(25)31(35)36)23-17-28(37-2)30(29(18-23)38-3)39-24-9-15-34(16-10-24)20-22-6-11-32-12-7-22;3-2(4,5)1(6)7/h8,13,17-19,21-22,24,32H,4-7,9-12,14-16,20H2,1-3H3;(H,6,7). The van der Waals surface area contributed by atoms with Crippen molar-refractivity contribution in [2.45, 2.75) is 64.3 Å². The Morgan fingerprint density at radius 3 is 2.26 bits per heavy atom. The number of carboxylic acid groups (broad SMARTS) is 1. The Kier molecular flexibility index (Phi) is 12.3. The average Bonchev–Trinajstić information content (AvgIpc) is 3.06. The minimum atomic E-state index is -5.08. The van der Waals surface area contributed by atoms with Gasteiger partial charge in [0.1, 0.15) is 6.10 Å². The zero-order chi connectivity index (χ0) is 33.3. The summed E-state index contributed by atoms with van der Waals surface area (Å²) in [7, 11) is 3.33. The molecule has 0 amide bonds. The number of alkyl halides is 3. The second kappa shape index (κ2) is 16.1. The van der Waals surface area contributed by atoms with Crippen molar-refractivity contribution in [2.75, 3.05) is 46.9 Å². The van der Waals surface area contributed by atoms with Crippen LogP contribution >= 0.6 is 0 Å². The van der Waals surface area contributed by atoms with Crippen molar-refractivity contribution in [3.63, 3.8) is 0 Å². The van der Waals surface area contributed by atoms with Crippen LogP contribution in [-0.4, -0.2) is 84.8 Å². The van der Waals surface area contributed by atoms with Gasteiger partial charge in [-0.2, -0.15) is 13.2 Å². The number of rotatable bonds is 10. The Bertz CT molecular complexity index is 1490. The minimum Gasteiger partial charge on any atom is -0.493 e. The molecule has 0 atom stereocenters. The molecule has 1 aromatic carbocycles. The largest absolute Gasteiger partial charge is 0.493 e. The molecular formula is C33H43F3N4O6. The van der Waals surface area contributed by atoms with Gasteiger partial charge in [0.2, 0.25) is 5.75 Å². The normalized spacial score (nSPS) is 16.5. The van der Waals surface area contributed by atoms with Crippen molar-refractivity contribution in [2.24, 2.45) is 5.92 Å². The first-order chi connectivity index (χ1) is 22.0. The molecular weight excluding hydrogens is 605 g/mol. The number of benzene rings is 1. The molecule has 10 nitrogen and oxygen atoms in total. The van der Waals surface area contributed by atoms with E-state index in [0.717, 1.165) is 74.3 Å². The van der Waals surface area contributed by atoms with Crippen LogP contribution in [-0.2, 0) is 11.3 Å². The van der Waals surface area contributed by atoms with E-state index in [4.69, 9.17) is 24.1 Å². The lowest BCUT2D eigenvalue weighted by molar-refractivity contribution is -0.192. The molecule has 2 aliphatic rings. The van der Waals surface area contributed by atoms with Crippen molar-refractivity contribution in [3.05, 3.63) is 47.1 Å². The van der Waals surface area contributed by atoms with E-state index in [0.29, 0.717) is 29.2 Å². The first-order valence-corrected chi connectivity index (χ1v) is 15.7. The zero-order valence-corrected chi connectivity index (χ0v) is 26.6. The second-order valence-corrected chi connectivity index (χ2v) is 11.6. The number of likely N-dealkylation sites (tertiary alicyclic amines) is 1. The van der Waals surface area contributed by atoms with Crippen molar-refractivity contribution in [1.29, 1.82) is 0 Å². The van der Waals surface area contributed by atoms with Crippen LogP contribution in [0.2, 0.25) is 0 Å². The molecule has 2 aromatic heterocycles. The van der Waals surface area contributed by atoms with Crippen molar-refractivity contribution >= 4 is 16.7 Å². The van der Waals surface area contributed by atoms with Gasteiger partial charge in [0, 0.05) is 50.3 Å². The van der Waals surface area contributed by atoms with E-state index in [9.17, 15) is 18.0 Å². The van der Waals surface area contributed by atoms with Gasteiger partial charge >= 0.3 is 12.1 Å². The third-order valence-corrected chi connectivity index (χ3v) is 8.45. The number of nitrogens with one attached hydrogen (secondary N) is 1. The fourth-order valence-corrected chi connectivity index (χ4v) is 5.92. The number of carboxylic acids is 1. The van der Waals surface area contributed by atoms with Gasteiger partial charge in [-0.25, -0.2) is 4.79 Å². The number of unbranched alkanes of at least 4 members (excludes halogenated alkanes) is 1. The van der Waals surface area contributed by atoms with Crippen molar-refractivity contribution in [1.82, 2.24) is 19.8 Å². The minimum absolute atomic E-state index is 0.0133. The Labute approximate surface area is 266 Å². The van der Waals surface area contributed by atoms with Crippen LogP contribution in [0.1, 0.15) is 45.4 Å². The Morgan fingerprint density at radius 1 is 1.07 bits per heavy atom. The maximum absolute atomic E-state index is 13.1. The highest BCUT2D eigenvalue weighted by molar-refractivity contribution is 5.96. The number of piperidine rings is 2. The number of hydrogen-bond acceptors (Lipinski definition) is 8. The smallest absolute Gasteiger partial charge is 0.490 e. The van der Waals surface area contributed by atoms with Gasteiger partial charge in [0.05, 0.1) is 19.6 Å². The molecule has 5 rings (SSSR count). The molecule has 2 fully saturated rings. The molecule has 2 aliphatic heterocycles. The molecule has 13 heteroatoms. The van der Waals surface area contributed by atoms with Crippen LogP contribution in [0.3, 0.4) is 0 Å². The molecule has 0 radical (unpaired) electrons. The van der Waals surface area contributed by atoms with Gasteiger partial charge in [-0.3, -0.25) is 9.78 Å². The molecule has 0 saturated carbocycles. The summed E-state index contributed by atoms with van der Waals surface area (Å²) in [6.45, 7) is 8.38. The van der Waals surface area contributed by atoms with Gasteiger partial charge in [0.25, 0.3) is 5.56 Å². The van der Waals surface area contributed by atoms with Crippen LogP contribution in [0.4, 0.5) is 13.2 Å². The van der Waals surface area contributed by atoms with Gasteiger partial charge in [-0.15, -0.1) is 0 Å². The van der Waals surface area contributed by atoms with Gasteiger partial charge in [-0.05, 0) is 80.3 Å². The lowest BCUT2D eigenvalue weighted by atomic mass is 9.96. The summed E-state index contributed by atoms with van der Waals surface area (Å²) in [5.74, 6) is -0.0389. The van der Waals surface area contributed by atoms with Crippen LogP contribution in [0.5, 0.6) is 17.2 Å². The highest BCUT2D eigenvalue weighted by atomic mass is 19.4. The molecule has 0 bridgehead atoms. The third-order valence-electron chi connectivity index (χ3n) is 8.45.